The molecule has 0 bridgehead atoms. The number of rotatable bonds is 5. The van der Waals surface area contributed by atoms with Gasteiger partial charge in [-0.25, -0.2) is 4.79 Å². The van der Waals surface area contributed by atoms with E-state index >= 15 is 0 Å². The van der Waals surface area contributed by atoms with Gasteiger partial charge in [0.2, 0.25) is 0 Å². The van der Waals surface area contributed by atoms with Crippen molar-refractivity contribution in [2.75, 3.05) is 7.11 Å². The number of hydrogen-bond acceptors (Lipinski definition) is 6. The molecule has 1 aliphatic rings. The highest BCUT2D eigenvalue weighted by molar-refractivity contribution is 5.91. The lowest BCUT2D eigenvalue weighted by Crippen LogP contribution is -2.23. The van der Waals surface area contributed by atoms with Gasteiger partial charge in [0.25, 0.3) is 0 Å². The molecule has 8 heteroatoms. The fourth-order valence-corrected chi connectivity index (χ4v) is 3.99. The van der Waals surface area contributed by atoms with E-state index in [9.17, 15) is 4.79 Å². The van der Waals surface area contributed by atoms with Crippen molar-refractivity contribution in [2.45, 2.75) is 32.6 Å². The fraction of sp³-hybridized carbons (Fsp3) is 0.318. The van der Waals surface area contributed by atoms with Gasteiger partial charge in [0, 0.05) is 12.6 Å². The van der Waals surface area contributed by atoms with Crippen LogP contribution in [0.4, 0.5) is 0 Å². The van der Waals surface area contributed by atoms with Crippen LogP contribution in [0.5, 0.6) is 5.75 Å². The van der Waals surface area contributed by atoms with Crippen LogP contribution in [0.25, 0.3) is 17.0 Å². The summed E-state index contributed by atoms with van der Waals surface area (Å²) in [6, 6.07) is 11.8. The molecule has 8 nitrogen and oxygen atoms in total. The molecular weight excluding hydrogens is 382 g/mol. The normalized spacial score (nSPS) is 14.1. The molecule has 4 rings (SSSR count). The highest BCUT2D eigenvalue weighted by atomic mass is 16.6. The predicted molar refractivity (Wildman–Crippen MR) is 114 cm³/mol. The summed E-state index contributed by atoms with van der Waals surface area (Å²) in [5.74, 6) is 6.68. The Hall–Kier alpha value is -3.39. The highest BCUT2D eigenvalue weighted by Crippen LogP contribution is 2.36. The van der Waals surface area contributed by atoms with Gasteiger partial charge in [-0.1, -0.05) is 24.3 Å². The maximum atomic E-state index is 12.5. The first-order valence-electron chi connectivity index (χ1n) is 9.91. The molecule has 2 N–H and O–H groups in total. The largest absolute Gasteiger partial charge is 0.496 e. The molecule has 0 unspecified atom stereocenters. The SMILES string of the molecule is COc1cccc(-n2nnn(C)c2=O)c1/C(ON)=C(/C)c1ccc2c(c1)CCCC2. The monoisotopic (exact) mass is 407 g/mol. The minimum atomic E-state index is -0.382. The van der Waals surface area contributed by atoms with Crippen molar-refractivity contribution in [2.24, 2.45) is 12.9 Å². The second kappa shape index (κ2) is 8.16. The van der Waals surface area contributed by atoms with Gasteiger partial charge in [0.15, 0.2) is 5.76 Å². The third kappa shape index (κ3) is 3.39. The Morgan fingerprint density at radius 3 is 2.53 bits per heavy atom. The van der Waals surface area contributed by atoms with Gasteiger partial charge in [-0.05, 0) is 71.9 Å². The van der Waals surface area contributed by atoms with Crippen molar-refractivity contribution >= 4 is 11.3 Å². The summed E-state index contributed by atoms with van der Waals surface area (Å²) < 4.78 is 7.94. The number of aryl methyl sites for hydroxylation is 3. The first-order chi connectivity index (χ1) is 14.5. The summed E-state index contributed by atoms with van der Waals surface area (Å²) in [7, 11) is 3.10. The van der Waals surface area contributed by atoms with Gasteiger partial charge >= 0.3 is 5.69 Å². The fourth-order valence-electron chi connectivity index (χ4n) is 3.99. The molecule has 0 amide bonds. The van der Waals surface area contributed by atoms with Crippen LogP contribution >= 0.6 is 0 Å². The first kappa shape index (κ1) is 19.9. The van der Waals surface area contributed by atoms with Gasteiger partial charge in [-0.2, -0.15) is 15.3 Å². The standard InChI is InChI=1S/C22H25N5O3/c1-14(16-12-11-15-7-4-5-8-17(15)13-16)21(30-23)20-18(9-6-10-19(20)29-3)27-22(28)26(2)24-25-27/h6,9-13H,4-5,7-8,23H2,1-3H3/b21-14+. The van der Waals surface area contributed by atoms with E-state index < -0.39 is 0 Å². The lowest BCUT2D eigenvalue weighted by molar-refractivity contribution is 0.289. The zero-order valence-corrected chi connectivity index (χ0v) is 17.4. The molecule has 0 atom stereocenters. The second-order valence-corrected chi connectivity index (χ2v) is 7.41. The molecule has 0 aliphatic heterocycles. The van der Waals surface area contributed by atoms with E-state index in [1.54, 1.807) is 32.4 Å². The van der Waals surface area contributed by atoms with Crippen LogP contribution in [0.15, 0.2) is 41.2 Å². The van der Waals surface area contributed by atoms with E-state index in [1.165, 1.54) is 28.7 Å². The summed E-state index contributed by atoms with van der Waals surface area (Å²) in [6.45, 7) is 1.95. The Kier molecular flexibility index (Phi) is 5.41. The Labute approximate surface area is 174 Å². The van der Waals surface area contributed by atoms with Gasteiger partial charge in [-0.3, -0.25) is 0 Å². The van der Waals surface area contributed by atoms with Crippen LogP contribution in [0.3, 0.4) is 0 Å². The molecule has 2 aromatic carbocycles. The number of nitrogens with zero attached hydrogens (tertiary/aromatic N) is 4. The maximum absolute atomic E-state index is 12.5. The summed E-state index contributed by atoms with van der Waals surface area (Å²) in [5, 5.41) is 7.78. The lowest BCUT2D eigenvalue weighted by atomic mass is 9.88. The highest BCUT2D eigenvalue weighted by Gasteiger charge is 2.22. The Morgan fingerprint density at radius 1 is 1.10 bits per heavy atom. The average Bonchev–Trinajstić information content (AvgIpc) is 3.12. The first-order valence-corrected chi connectivity index (χ1v) is 9.91. The minimum absolute atomic E-state index is 0.382. The number of ether oxygens (including phenoxy) is 1. The predicted octanol–water partition coefficient (Wildman–Crippen LogP) is 2.63. The average molecular weight is 407 g/mol. The summed E-state index contributed by atoms with van der Waals surface area (Å²) in [4.78, 5) is 17.9. The molecule has 0 spiro atoms. The number of allylic oxidation sites excluding steroid dienone is 1. The van der Waals surface area contributed by atoms with Crippen LogP contribution in [0.1, 0.15) is 42.0 Å². The smallest absolute Gasteiger partial charge is 0.368 e. The molecule has 0 fully saturated rings. The van der Waals surface area contributed by atoms with Crippen molar-refractivity contribution in [3.05, 3.63) is 69.1 Å². The van der Waals surface area contributed by atoms with Crippen LogP contribution < -0.4 is 16.3 Å². The van der Waals surface area contributed by atoms with Gasteiger partial charge in [-0.15, -0.1) is 0 Å². The third-order valence-electron chi connectivity index (χ3n) is 5.64. The van der Waals surface area contributed by atoms with Crippen LogP contribution in [0.2, 0.25) is 0 Å². The molecular formula is C22H25N5O3. The van der Waals surface area contributed by atoms with E-state index in [4.69, 9.17) is 15.5 Å². The summed E-state index contributed by atoms with van der Waals surface area (Å²) in [6.07, 6.45) is 4.62. The Balaban J connectivity index is 1.93. The van der Waals surface area contributed by atoms with Crippen LogP contribution in [-0.4, -0.2) is 26.9 Å². The topological polar surface area (TPSA) is 97.2 Å². The number of tetrazole rings is 1. The van der Waals surface area contributed by atoms with Gasteiger partial charge in [0.05, 0.1) is 18.4 Å². The molecule has 3 aromatic rings. The van der Waals surface area contributed by atoms with E-state index in [0.717, 1.165) is 28.7 Å². The maximum Gasteiger partial charge on any atom is 0.368 e. The van der Waals surface area contributed by atoms with Crippen molar-refractivity contribution in [1.29, 1.82) is 0 Å². The number of nitrogens with two attached hydrogens (primary N) is 1. The van der Waals surface area contributed by atoms with E-state index in [-0.39, 0.29) is 5.69 Å². The minimum Gasteiger partial charge on any atom is -0.496 e. The summed E-state index contributed by atoms with van der Waals surface area (Å²) in [5.41, 5.74) is 5.25. The quantitative estimate of drug-likeness (QED) is 0.397. The van der Waals surface area contributed by atoms with Crippen molar-refractivity contribution < 1.29 is 9.57 Å². The van der Waals surface area contributed by atoms with Crippen LogP contribution in [0, 0.1) is 0 Å². The number of fused-ring (bicyclic) bond motifs is 1. The number of hydrogen-bond donors (Lipinski definition) is 1. The van der Waals surface area contributed by atoms with Crippen molar-refractivity contribution in [3.8, 4) is 11.4 Å². The van der Waals surface area contributed by atoms with E-state index in [2.05, 4.69) is 28.6 Å². The van der Waals surface area contributed by atoms with Gasteiger partial charge in [0.1, 0.15) is 5.75 Å². The van der Waals surface area contributed by atoms with Crippen molar-refractivity contribution in [3.63, 3.8) is 0 Å². The zero-order valence-electron chi connectivity index (χ0n) is 17.4. The van der Waals surface area contributed by atoms with E-state index in [0.29, 0.717) is 22.8 Å². The lowest BCUT2D eigenvalue weighted by Gasteiger charge is -2.19. The Bertz CT molecular complexity index is 1180. The Morgan fingerprint density at radius 2 is 1.87 bits per heavy atom. The molecule has 0 saturated heterocycles. The molecule has 1 heterocycles. The van der Waals surface area contributed by atoms with E-state index in [1.807, 2.05) is 6.92 Å². The molecule has 1 aliphatic carbocycles. The number of methoxy groups -OCH3 is 1. The zero-order chi connectivity index (χ0) is 21.3. The van der Waals surface area contributed by atoms with Crippen molar-refractivity contribution in [1.82, 2.24) is 19.8 Å². The number of benzene rings is 2. The molecule has 30 heavy (non-hydrogen) atoms. The van der Waals surface area contributed by atoms with Gasteiger partial charge < -0.3 is 9.57 Å². The molecule has 0 saturated carbocycles. The number of aromatic nitrogens is 4. The molecule has 1 aromatic heterocycles. The molecule has 0 radical (unpaired) electrons. The second-order valence-electron chi connectivity index (χ2n) is 7.41. The molecule has 156 valence electrons. The third-order valence-corrected chi connectivity index (χ3v) is 5.64. The van der Waals surface area contributed by atoms with Crippen LogP contribution in [-0.2, 0) is 24.7 Å². The summed E-state index contributed by atoms with van der Waals surface area (Å²) >= 11 is 0.